The Morgan fingerprint density at radius 1 is 1.18 bits per heavy atom. The van der Waals surface area contributed by atoms with Gasteiger partial charge in [-0.2, -0.15) is 0 Å². The minimum atomic E-state index is -0.354. The molecule has 2 fully saturated rings. The van der Waals surface area contributed by atoms with Gasteiger partial charge in [0.15, 0.2) is 0 Å². The zero-order chi connectivity index (χ0) is 14.9. The van der Waals surface area contributed by atoms with Crippen molar-refractivity contribution in [1.82, 2.24) is 4.90 Å². The molecule has 1 saturated heterocycles. The maximum Gasteiger partial charge on any atom is 0.233 e. The van der Waals surface area contributed by atoms with E-state index in [1.54, 1.807) is 0 Å². The van der Waals surface area contributed by atoms with E-state index in [0.717, 1.165) is 49.2 Å². The van der Waals surface area contributed by atoms with Gasteiger partial charge in [0.25, 0.3) is 0 Å². The highest BCUT2D eigenvalue weighted by Crippen LogP contribution is 2.41. The molecule has 1 heterocycles. The molecule has 1 aliphatic heterocycles. The number of benzene rings is 1. The molecule has 1 amide bonds. The Labute approximate surface area is 143 Å². The van der Waals surface area contributed by atoms with Crippen molar-refractivity contribution in [3.63, 3.8) is 0 Å². The molecule has 1 aliphatic carbocycles. The predicted molar refractivity (Wildman–Crippen MR) is 92.6 cm³/mol. The number of likely N-dealkylation sites (tertiary alicyclic amines) is 1. The summed E-state index contributed by atoms with van der Waals surface area (Å²) in [5.74, 6) is 0.275. The zero-order valence-electron chi connectivity index (χ0n) is 12.8. The van der Waals surface area contributed by atoms with Gasteiger partial charge in [0.05, 0.1) is 5.41 Å². The number of nitrogens with zero attached hydrogens (tertiary/aromatic N) is 1. The first-order valence-electron chi connectivity index (χ1n) is 7.93. The molecular weight excluding hydrogens is 319 g/mol. The smallest absolute Gasteiger partial charge is 0.233 e. The number of halogens is 2. The summed E-state index contributed by atoms with van der Waals surface area (Å²) in [4.78, 5) is 15.2. The highest BCUT2D eigenvalue weighted by Gasteiger charge is 2.44. The molecule has 1 aromatic rings. The molecule has 1 atom stereocenters. The summed E-state index contributed by atoms with van der Waals surface area (Å²) in [6.45, 7) is 1.50. The molecule has 0 radical (unpaired) electrons. The zero-order valence-corrected chi connectivity index (χ0v) is 14.3. The molecule has 122 valence electrons. The molecular formula is C17H24Cl2N2O. The van der Waals surface area contributed by atoms with E-state index in [0.29, 0.717) is 6.54 Å². The first-order valence-corrected chi connectivity index (χ1v) is 8.31. The first kappa shape index (κ1) is 17.6. The summed E-state index contributed by atoms with van der Waals surface area (Å²) in [6, 6.07) is 8.00. The van der Waals surface area contributed by atoms with E-state index < -0.39 is 0 Å². The number of nitrogens with two attached hydrogens (primary N) is 1. The second-order valence-corrected chi connectivity index (χ2v) is 6.89. The van der Waals surface area contributed by atoms with Crippen LogP contribution in [0.2, 0.25) is 5.02 Å². The van der Waals surface area contributed by atoms with Gasteiger partial charge in [-0.05, 0) is 37.0 Å². The van der Waals surface area contributed by atoms with Crippen LogP contribution in [0.5, 0.6) is 0 Å². The fourth-order valence-electron chi connectivity index (χ4n) is 3.82. The number of hydrogen-bond donors (Lipinski definition) is 1. The van der Waals surface area contributed by atoms with Crippen LogP contribution in [0.15, 0.2) is 24.3 Å². The standard InChI is InChI=1S/C17H23ClN2O.ClH/c18-14-6-4-13(5-7-14)17(9-2-1-3-10-17)16(21)20-11-8-15(19)12-20;/h4-7,15H,1-3,8-12,19H2;1H/t15-;/m1./s1. The molecule has 22 heavy (non-hydrogen) atoms. The van der Waals surface area contributed by atoms with Crippen LogP contribution in [0.4, 0.5) is 0 Å². The van der Waals surface area contributed by atoms with E-state index in [-0.39, 0.29) is 29.8 Å². The van der Waals surface area contributed by atoms with Crippen molar-refractivity contribution < 1.29 is 4.79 Å². The number of hydrogen-bond acceptors (Lipinski definition) is 2. The maximum atomic E-state index is 13.2. The maximum absolute atomic E-state index is 13.2. The van der Waals surface area contributed by atoms with E-state index in [1.807, 2.05) is 29.2 Å². The largest absolute Gasteiger partial charge is 0.340 e. The third kappa shape index (κ3) is 3.27. The minimum absolute atomic E-state index is 0. The van der Waals surface area contributed by atoms with Crippen LogP contribution in [0.1, 0.15) is 44.1 Å². The van der Waals surface area contributed by atoms with Crippen LogP contribution in [-0.2, 0) is 10.2 Å². The molecule has 0 spiro atoms. The number of rotatable bonds is 2. The fourth-order valence-corrected chi connectivity index (χ4v) is 3.95. The van der Waals surface area contributed by atoms with Crippen molar-refractivity contribution in [1.29, 1.82) is 0 Å². The monoisotopic (exact) mass is 342 g/mol. The second-order valence-electron chi connectivity index (χ2n) is 6.45. The van der Waals surface area contributed by atoms with Gasteiger partial charge in [0.2, 0.25) is 5.91 Å². The molecule has 1 saturated carbocycles. The summed E-state index contributed by atoms with van der Waals surface area (Å²) in [7, 11) is 0. The third-order valence-electron chi connectivity index (χ3n) is 5.03. The Balaban J connectivity index is 0.00000176. The average Bonchev–Trinajstić information content (AvgIpc) is 2.94. The summed E-state index contributed by atoms with van der Waals surface area (Å²) >= 11 is 6.01. The van der Waals surface area contributed by atoms with Crippen LogP contribution in [0.3, 0.4) is 0 Å². The Kier molecular flexibility index (Phi) is 5.76. The molecule has 3 rings (SSSR count). The summed E-state index contributed by atoms with van der Waals surface area (Å²) in [5, 5.41) is 0.723. The summed E-state index contributed by atoms with van der Waals surface area (Å²) < 4.78 is 0. The van der Waals surface area contributed by atoms with E-state index in [4.69, 9.17) is 17.3 Å². The average molecular weight is 343 g/mol. The van der Waals surface area contributed by atoms with Crippen molar-refractivity contribution in [3.8, 4) is 0 Å². The second kappa shape index (κ2) is 7.20. The van der Waals surface area contributed by atoms with Crippen molar-refractivity contribution in [2.24, 2.45) is 5.73 Å². The van der Waals surface area contributed by atoms with Gasteiger partial charge in [-0.15, -0.1) is 12.4 Å². The van der Waals surface area contributed by atoms with Crippen LogP contribution < -0.4 is 5.73 Å². The lowest BCUT2D eigenvalue weighted by Gasteiger charge is -2.39. The van der Waals surface area contributed by atoms with Crippen LogP contribution >= 0.6 is 24.0 Å². The SMILES string of the molecule is Cl.N[C@@H]1CCN(C(=O)C2(c3ccc(Cl)cc3)CCCCC2)C1. The van der Waals surface area contributed by atoms with Gasteiger partial charge in [-0.3, -0.25) is 4.79 Å². The first-order chi connectivity index (χ1) is 10.1. The van der Waals surface area contributed by atoms with E-state index in [9.17, 15) is 4.79 Å². The summed E-state index contributed by atoms with van der Waals surface area (Å²) in [6.07, 6.45) is 6.27. The molecule has 3 nitrogen and oxygen atoms in total. The van der Waals surface area contributed by atoms with Crippen molar-refractivity contribution >= 4 is 29.9 Å². The van der Waals surface area contributed by atoms with E-state index in [2.05, 4.69) is 0 Å². The highest BCUT2D eigenvalue weighted by molar-refractivity contribution is 6.30. The van der Waals surface area contributed by atoms with Gasteiger partial charge in [-0.1, -0.05) is 43.0 Å². The van der Waals surface area contributed by atoms with Crippen LogP contribution in [0.25, 0.3) is 0 Å². The van der Waals surface area contributed by atoms with Gasteiger partial charge in [0.1, 0.15) is 0 Å². The predicted octanol–water partition coefficient (Wildman–Crippen LogP) is 3.52. The quantitative estimate of drug-likeness (QED) is 0.893. The molecule has 2 N–H and O–H groups in total. The number of amides is 1. The molecule has 1 aromatic carbocycles. The molecule has 2 aliphatic rings. The molecule has 5 heteroatoms. The molecule has 0 bridgehead atoms. The Morgan fingerprint density at radius 2 is 1.82 bits per heavy atom. The Bertz CT molecular complexity index is 512. The van der Waals surface area contributed by atoms with E-state index in [1.165, 1.54) is 6.42 Å². The fraction of sp³-hybridized carbons (Fsp3) is 0.588. The number of carbonyl (C=O) groups excluding carboxylic acids is 1. The number of carbonyl (C=O) groups is 1. The molecule has 0 aromatic heterocycles. The van der Waals surface area contributed by atoms with Gasteiger partial charge >= 0.3 is 0 Å². The summed E-state index contributed by atoms with van der Waals surface area (Å²) in [5.41, 5.74) is 6.75. The van der Waals surface area contributed by atoms with Gasteiger partial charge < -0.3 is 10.6 Å². The van der Waals surface area contributed by atoms with Crippen LogP contribution in [-0.4, -0.2) is 29.9 Å². The van der Waals surface area contributed by atoms with E-state index >= 15 is 0 Å². The van der Waals surface area contributed by atoms with Gasteiger partial charge in [-0.25, -0.2) is 0 Å². The van der Waals surface area contributed by atoms with Crippen molar-refractivity contribution in [3.05, 3.63) is 34.9 Å². The lowest BCUT2D eigenvalue weighted by Crippen LogP contribution is -2.47. The van der Waals surface area contributed by atoms with Crippen molar-refractivity contribution in [2.75, 3.05) is 13.1 Å². The lowest BCUT2D eigenvalue weighted by molar-refractivity contribution is -0.137. The molecule has 0 unspecified atom stereocenters. The van der Waals surface area contributed by atoms with Crippen LogP contribution in [0, 0.1) is 0 Å². The van der Waals surface area contributed by atoms with Gasteiger partial charge in [0, 0.05) is 24.2 Å². The van der Waals surface area contributed by atoms with Crippen molar-refractivity contribution in [2.45, 2.75) is 50.0 Å². The normalized spacial score (nSPS) is 23.9. The topological polar surface area (TPSA) is 46.3 Å². The lowest BCUT2D eigenvalue weighted by atomic mass is 9.68. The Hall–Kier alpha value is -0.770. The third-order valence-corrected chi connectivity index (χ3v) is 5.28. The highest BCUT2D eigenvalue weighted by atomic mass is 35.5. The minimum Gasteiger partial charge on any atom is -0.340 e. The Morgan fingerprint density at radius 3 is 2.36 bits per heavy atom.